The Kier molecular flexibility index (Phi) is 18.1. The lowest BCUT2D eigenvalue weighted by Crippen LogP contribution is -2.00. The first-order chi connectivity index (χ1) is 62.4. The van der Waals surface area contributed by atoms with Crippen LogP contribution in [0.3, 0.4) is 0 Å². The SMILES string of the molecule is c1ccc(-c2nc(-c3ccccc3)nc(-c3ccc(-c4cc5c6c(c4)sc4ccc7cccc(c7c46)S5)cc3)n2)cc1.c1ccc(-c2nc(-c3ccccc3)nc(-c3ccc(-c4cc5sc6cccc7c6c5c5c(cccc45)S7)cc3)n2)cc1.c1ccc(-c2nc(-c3ccccc3)nc(-c3ccc(-c4ccc5c6c4ccc4sc7cccc(c7c46)S5)cc3)n2)cc1. The summed E-state index contributed by atoms with van der Waals surface area (Å²) < 4.78 is 8.12. The second kappa shape index (κ2) is 30.8. The molecule has 3 aliphatic heterocycles. The van der Waals surface area contributed by atoms with Crippen molar-refractivity contribution in [1.29, 1.82) is 0 Å². The molecule has 0 N–H and O–H groups in total. The summed E-state index contributed by atoms with van der Waals surface area (Å²) in [5, 5.41) is 16.5. The monoisotopic (exact) mass is 1710 g/mol. The van der Waals surface area contributed by atoms with Gasteiger partial charge in [-0.1, -0.05) is 345 Å². The van der Waals surface area contributed by atoms with E-state index in [0.29, 0.717) is 52.4 Å². The minimum atomic E-state index is 0.666. The Hall–Kier alpha value is -14.5. The first-order valence-corrected chi connectivity index (χ1v) is 46.5. The number of benzene rings is 18. The second-order valence-corrected chi connectivity index (χ2v) is 37.8. The fourth-order valence-electron chi connectivity index (χ4n) is 17.8. The van der Waals surface area contributed by atoms with E-state index in [1.54, 1.807) is 0 Å². The second-order valence-electron chi connectivity index (χ2n) is 31.3. The van der Waals surface area contributed by atoms with E-state index in [0.717, 1.165) is 50.1 Å². The van der Waals surface area contributed by atoms with E-state index in [-0.39, 0.29) is 0 Å². The van der Waals surface area contributed by atoms with Crippen molar-refractivity contribution in [3.05, 3.63) is 382 Å². The fourth-order valence-corrected chi connectivity index (χ4v) is 25.0. The van der Waals surface area contributed by atoms with Crippen LogP contribution in [0.1, 0.15) is 0 Å². The lowest BCUT2D eigenvalue weighted by atomic mass is 9.94. The molecule has 6 aromatic heterocycles. The van der Waals surface area contributed by atoms with Crippen molar-refractivity contribution in [1.82, 2.24) is 44.9 Å². The number of rotatable bonds is 12. The van der Waals surface area contributed by atoms with Gasteiger partial charge in [0.2, 0.25) is 0 Å². The zero-order valence-electron chi connectivity index (χ0n) is 66.8. The predicted molar refractivity (Wildman–Crippen MR) is 528 cm³/mol. The van der Waals surface area contributed by atoms with Crippen molar-refractivity contribution in [2.24, 2.45) is 0 Å². The highest BCUT2D eigenvalue weighted by Gasteiger charge is 2.28. The highest BCUT2D eigenvalue weighted by Crippen LogP contribution is 2.57. The normalized spacial score (nSPS) is 12.2. The molecule has 9 nitrogen and oxygen atoms in total. The lowest BCUT2D eigenvalue weighted by molar-refractivity contribution is 1.07. The summed E-state index contributed by atoms with van der Waals surface area (Å²) in [4.78, 5) is 52.0. The van der Waals surface area contributed by atoms with Gasteiger partial charge in [-0.15, -0.1) is 34.0 Å². The molecule has 0 aliphatic carbocycles. The quantitative estimate of drug-likeness (QED) is 0.116. The molecule has 9 heterocycles. The Balaban J connectivity index is 0.000000103. The highest BCUT2D eigenvalue weighted by atomic mass is 32.2. The first-order valence-electron chi connectivity index (χ1n) is 41.6. The van der Waals surface area contributed by atoms with E-state index < -0.39 is 0 Å². The van der Waals surface area contributed by atoms with Gasteiger partial charge in [-0.05, 0) is 122 Å². The Morgan fingerprint density at radius 3 is 0.873 bits per heavy atom. The molecule has 18 aromatic carbocycles. The summed E-state index contributed by atoms with van der Waals surface area (Å²) in [5.74, 6) is 6.02. The zero-order valence-corrected chi connectivity index (χ0v) is 71.7. The van der Waals surface area contributed by atoms with Gasteiger partial charge < -0.3 is 0 Å². The molecular formula is C111H63N9S6. The van der Waals surface area contributed by atoms with Crippen LogP contribution in [0.2, 0.25) is 0 Å². The Bertz CT molecular complexity index is 8300. The summed E-state index contributed by atoms with van der Waals surface area (Å²) in [6.45, 7) is 0. The third-order valence-corrected chi connectivity index (χ3v) is 30.4. The van der Waals surface area contributed by atoms with Crippen molar-refractivity contribution in [2.45, 2.75) is 29.4 Å². The van der Waals surface area contributed by atoms with Gasteiger partial charge in [0, 0.05) is 156 Å². The maximum Gasteiger partial charge on any atom is 0.164 e. The summed E-state index contributed by atoms with van der Waals surface area (Å²) in [5.41, 5.74) is 16.0. The molecular weight excluding hydrogens is 1650 g/mol. The number of thiophene rings is 3. The first kappa shape index (κ1) is 74.1. The van der Waals surface area contributed by atoms with Crippen molar-refractivity contribution in [3.63, 3.8) is 0 Å². The van der Waals surface area contributed by atoms with Crippen molar-refractivity contribution < 1.29 is 0 Å². The molecule has 0 amide bonds. The van der Waals surface area contributed by atoms with E-state index >= 15 is 0 Å². The molecule has 126 heavy (non-hydrogen) atoms. The van der Waals surface area contributed by atoms with Gasteiger partial charge in [-0.3, -0.25) is 0 Å². The van der Waals surface area contributed by atoms with Crippen LogP contribution in [0.15, 0.2) is 412 Å². The summed E-state index contributed by atoms with van der Waals surface area (Å²) >= 11 is 11.3. The van der Waals surface area contributed by atoms with Crippen LogP contribution < -0.4 is 0 Å². The summed E-state index contributed by atoms with van der Waals surface area (Å²) in [6.07, 6.45) is 0. The fraction of sp³-hybridized carbons (Fsp3) is 0. The molecule has 588 valence electrons. The number of aromatic nitrogens is 9. The molecule has 0 spiro atoms. The Labute approximate surface area is 748 Å². The van der Waals surface area contributed by atoms with Crippen LogP contribution in [0.5, 0.6) is 0 Å². The molecule has 3 aliphatic rings. The molecule has 24 aromatic rings. The molecule has 0 unspecified atom stereocenters. The topological polar surface area (TPSA) is 116 Å². The number of nitrogens with zero attached hydrogens (tertiary/aromatic N) is 9. The number of hydrogen-bond acceptors (Lipinski definition) is 15. The predicted octanol–water partition coefficient (Wildman–Crippen LogP) is 31.6. The zero-order chi connectivity index (χ0) is 82.9. The Morgan fingerprint density at radius 2 is 0.437 bits per heavy atom. The van der Waals surface area contributed by atoms with Gasteiger partial charge in [0.15, 0.2) is 52.4 Å². The van der Waals surface area contributed by atoms with E-state index in [1.807, 2.05) is 251 Å². The van der Waals surface area contributed by atoms with E-state index in [4.69, 9.17) is 44.9 Å². The Morgan fingerprint density at radius 1 is 0.143 bits per heavy atom. The van der Waals surface area contributed by atoms with Crippen molar-refractivity contribution in [2.75, 3.05) is 0 Å². The van der Waals surface area contributed by atoms with E-state index in [1.165, 1.54) is 156 Å². The molecule has 0 saturated heterocycles. The molecule has 0 saturated carbocycles. The van der Waals surface area contributed by atoms with Crippen molar-refractivity contribution in [3.8, 4) is 136 Å². The minimum absolute atomic E-state index is 0.666. The third kappa shape index (κ3) is 13.0. The average Bonchev–Trinajstić information content (AvgIpc) is 1.53. The van der Waals surface area contributed by atoms with Crippen LogP contribution in [0, 0.1) is 0 Å². The van der Waals surface area contributed by atoms with Crippen LogP contribution in [0.4, 0.5) is 0 Å². The standard InChI is InChI=1S/3C37H21N3S2/c1-3-9-23(10-4-1)35-38-36(24-11-5-2-6-12-24)40-37(39-35)25-19-17-22(18-20-25)27-21-31-34-32-26(27)13-7-14-28(32)41-29-15-8-16-30(42-31)33(29)34;1-3-8-23(9-4-1)35-38-36(24-10-5-2-6-11-24)40-37(39-35)25-16-14-22(15-17-25)26-18-20-30-32-27(26)19-21-31-34(32)33-28(41-30)12-7-13-29(33)42-31;1-3-8-24(9-4-1)35-38-36(25-10-5-2-6-11-25)40-37(39-35)26-16-14-22(15-17-26)27-20-30-33-31(21-27)42-29-19-18-23-12-7-13-28(41-30)32(23)34(29)33/h3*1-21H. The molecule has 0 fully saturated rings. The van der Waals surface area contributed by atoms with Gasteiger partial charge in [-0.25, -0.2) is 44.9 Å². The van der Waals surface area contributed by atoms with Crippen LogP contribution >= 0.6 is 69.3 Å². The van der Waals surface area contributed by atoms with Crippen LogP contribution in [0.25, 0.3) is 229 Å². The minimum Gasteiger partial charge on any atom is -0.208 e. The molecule has 0 bridgehead atoms. The molecule has 0 atom stereocenters. The van der Waals surface area contributed by atoms with Crippen molar-refractivity contribution >= 4 is 162 Å². The maximum atomic E-state index is 4.91. The average molecular weight is 1720 g/mol. The largest absolute Gasteiger partial charge is 0.208 e. The van der Waals surface area contributed by atoms with Gasteiger partial charge in [0.25, 0.3) is 0 Å². The third-order valence-electron chi connectivity index (χ3n) is 23.8. The van der Waals surface area contributed by atoms with Crippen LogP contribution in [-0.2, 0) is 0 Å². The maximum absolute atomic E-state index is 4.91. The van der Waals surface area contributed by atoms with E-state index in [2.05, 4.69) is 200 Å². The number of hydrogen-bond donors (Lipinski definition) is 0. The lowest BCUT2D eigenvalue weighted by Gasteiger charge is -2.17. The summed E-state index contributed by atoms with van der Waals surface area (Å²) in [6, 6.07) is 134. The summed E-state index contributed by atoms with van der Waals surface area (Å²) in [7, 11) is 0. The van der Waals surface area contributed by atoms with E-state index in [9.17, 15) is 0 Å². The van der Waals surface area contributed by atoms with Gasteiger partial charge in [-0.2, -0.15) is 0 Å². The molecule has 0 radical (unpaired) electrons. The molecule has 15 heteroatoms. The smallest absolute Gasteiger partial charge is 0.164 e. The van der Waals surface area contributed by atoms with Gasteiger partial charge >= 0.3 is 0 Å². The van der Waals surface area contributed by atoms with Gasteiger partial charge in [0.1, 0.15) is 0 Å². The highest BCUT2D eigenvalue weighted by molar-refractivity contribution is 8.00. The van der Waals surface area contributed by atoms with Crippen LogP contribution in [-0.4, -0.2) is 44.9 Å². The van der Waals surface area contributed by atoms with Gasteiger partial charge in [0.05, 0.1) is 0 Å². The molecule has 27 rings (SSSR count).